The van der Waals surface area contributed by atoms with Crippen LogP contribution in [-0.2, 0) is 4.74 Å². The van der Waals surface area contributed by atoms with E-state index in [0.29, 0.717) is 6.10 Å². The molecule has 0 spiro atoms. The molecular formula is C18H20N4O2. The number of hydrogen-bond acceptors (Lipinski definition) is 6. The molecule has 6 heteroatoms. The maximum Gasteiger partial charge on any atom is 0.208 e. The van der Waals surface area contributed by atoms with E-state index in [1.54, 1.807) is 13.3 Å². The van der Waals surface area contributed by atoms with Crippen LogP contribution < -0.4 is 4.90 Å². The van der Waals surface area contributed by atoms with Gasteiger partial charge in [-0.25, -0.2) is 4.98 Å². The van der Waals surface area contributed by atoms with E-state index in [0.717, 1.165) is 59.7 Å². The topological polar surface area (TPSA) is 64.3 Å². The highest BCUT2D eigenvalue weighted by atomic mass is 16.5. The third-order valence-corrected chi connectivity index (χ3v) is 4.64. The summed E-state index contributed by atoms with van der Waals surface area (Å²) in [6, 6.07) is 6.02. The van der Waals surface area contributed by atoms with Gasteiger partial charge in [0, 0.05) is 38.2 Å². The first-order valence-electron chi connectivity index (χ1n) is 8.21. The van der Waals surface area contributed by atoms with Crippen molar-refractivity contribution in [3.63, 3.8) is 0 Å². The van der Waals surface area contributed by atoms with Gasteiger partial charge in [-0.3, -0.25) is 4.98 Å². The van der Waals surface area contributed by atoms with Gasteiger partial charge in [-0.05, 0) is 38.0 Å². The molecular weight excluding hydrogens is 304 g/mol. The summed E-state index contributed by atoms with van der Waals surface area (Å²) in [5, 5.41) is 4.11. The van der Waals surface area contributed by atoms with Gasteiger partial charge in [0.2, 0.25) is 5.58 Å². The quantitative estimate of drug-likeness (QED) is 0.737. The molecule has 6 nitrogen and oxygen atoms in total. The molecule has 0 amide bonds. The molecule has 1 saturated heterocycles. The zero-order valence-electron chi connectivity index (χ0n) is 13.9. The average Bonchev–Trinajstić information content (AvgIpc) is 3.03. The van der Waals surface area contributed by atoms with E-state index in [1.807, 2.05) is 25.3 Å². The van der Waals surface area contributed by atoms with Crippen molar-refractivity contribution in [2.45, 2.75) is 25.9 Å². The molecule has 0 saturated carbocycles. The summed E-state index contributed by atoms with van der Waals surface area (Å²) < 4.78 is 11.1. The van der Waals surface area contributed by atoms with Gasteiger partial charge in [0.05, 0.1) is 17.5 Å². The van der Waals surface area contributed by atoms with Crippen LogP contribution in [0, 0.1) is 6.92 Å². The highest BCUT2D eigenvalue weighted by Gasteiger charge is 2.23. The highest BCUT2D eigenvalue weighted by Crippen LogP contribution is 2.33. The molecule has 0 bridgehead atoms. The van der Waals surface area contributed by atoms with Crippen LogP contribution in [0.2, 0.25) is 0 Å². The Hall–Kier alpha value is -2.47. The Morgan fingerprint density at radius 1 is 1.29 bits per heavy atom. The molecule has 0 atom stereocenters. The summed E-state index contributed by atoms with van der Waals surface area (Å²) in [6.45, 7) is 3.79. The van der Waals surface area contributed by atoms with Gasteiger partial charge >= 0.3 is 0 Å². The summed E-state index contributed by atoms with van der Waals surface area (Å²) in [4.78, 5) is 11.3. The van der Waals surface area contributed by atoms with Gasteiger partial charge in [0.25, 0.3) is 0 Å². The Morgan fingerprint density at radius 3 is 2.83 bits per heavy atom. The number of anilines is 1. The van der Waals surface area contributed by atoms with Gasteiger partial charge in [-0.2, -0.15) is 0 Å². The number of pyridine rings is 2. The Kier molecular flexibility index (Phi) is 3.90. The number of aromatic nitrogens is 3. The van der Waals surface area contributed by atoms with Crippen molar-refractivity contribution in [1.82, 2.24) is 15.1 Å². The van der Waals surface area contributed by atoms with Crippen LogP contribution in [0.25, 0.3) is 22.4 Å². The second-order valence-electron chi connectivity index (χ2n) is 6.14. The molecule has 4 heterocycles. The predicted octanol–water partition coefficient (Wildman–Crippen LogP) is 3.21. The van der Waals surface area contributed by atoms with Crippen LogP contribution in [0.3, 0.4) is 0 Å². The van der Waals surface area contributed by atoms with Crippen molar-refractivity contribution in [2.75, 3.05) is 25.1 Å². The standard InChI is InChI=1S/C18H20N4O2/c1-12-17-18(24-21-12)16(22-8-5-14(23-2)6-9-22)10-15(20-17)13-4-3-7-19-11-13/h3-4,7,10-11,14H,5-6,8-9H2,1-2H3. The first-order valence-corrected chi connectivity index (χ1v) is 8.21. The summed E-state index contributed by atoms with van der Waals surface area (Å²) in [5.41, 5.74) is 5.33. The van der Waals surface area contributed by atoms with Crippen LogP contribution in [0.5, 0.6) is 0 Å². The second kappa shape index (κ2) is 6.20. The van der Waals surface area contributed by atoms with Gasteiger partial charge in [0.1, 0.15) is 11.2 Å². The molecule has 0 radical (unpaired) electrons. The van der Waals surface area contributed by atoms with Crippen LogP contribution >= 0.6 is 0 Å². The minimum Gasteiger partial charge on any atom is -0.381 e. The summed E-state index contributed by atoms with van der Waals surface area (Å²) in [5.74, 6) is 0. The first-order chi connectivity index (χ1) is 11.8. The fourth-order valence-corrected chi connectivity index (χ4v) is 3.24. The number of ether oxygens (including phenoxy) is 1. The lowest BCUT2D eigenvalue weighted by atomic mass is 10.1. The predicted molar refractivity (Wildman–Crippen MR) is 92.0 cm³/mol. The lowest BCUT2D eigenvalue weighted by Gasteiger charge is -2.32. The summed E-state index contributed by atoms with van der Waals surface area (Å²) in [6.07, 6.45) is 5.96. The summed E-state index contributed by atoms with van der Waals surface area (Å²) >= 11 is 0. The molecule has 0 aliphatic carbocycles. The third kappa shape index (κ3) is 2.63. The fourth-order valence-electron chi connectivity index (χ4n) is 3.24. The average molecular weight is 324 g/mol. The molecule has 0 unspecified atom stereocenters. The van der Waals surface area contributed by atoms with E-state index in [4.69, 9.17) is 14.2 Å². The Balaban J connectivity index is 1.79. The molecule has 1 aliphatic rings. The number of aryl methyl sites for hydroxylation is 1. The van der Waals surface area contributed by atoms with E-state index < -0.39 is 0 Å². The van der Waals surface area contributed by atoms with Crippen LogP contribution in [0.4, 0.5) is 5.69 Å². The number of rotatable bonds is 3. The molecule has 1 fully saturated rings. The molecule has 3 aromatic rings. The fraction of sp³-hybridized carbons (Fsp3) is 0.389. The number of methoxy groups -OCH3 is 1. The van der Waals surface area contributed by atoms with Crippen molar-refractivity contribution in [3.8, 4) is 11.3 Å². The monoisotopic (exact) mass is 324 g/mol. The number of nitrogens with zero attached hydrogens (tertiary/aromatic N) is 4. The summed E-state index contributed by atoms with van der Waals surface area (Å²) in [7, 11) is 1.78. The maximum atomic E-state index is 5.58. The zero-order valence-corrected chi connectivity index (χ0v) is 13.9. The lowest BCUT2D eigenvalue weighted by Crippen LogP contribution is -2.36. The van der Waals surface area contributed by atoms with E-state index in [1.165, 1.54) is 0 Å². The molecule has 124 valence electrons. The molecule has 1 aliphatic heterocycles. The van der Waals surface area contributed by atoms with Crippen molar-refractivity contribution in [2.24, 2.45) is 0 Å². The zero-order chi connectivity index (χ0) is 16.5. The van der Waals surface area contributed by atoms with Crippen molar-refractivity contribution < 1.29 is 9.26 Å². The molecule has 3 aromatic heterocycles. The van der Waals surface area contributed by atoms with E-state index in [9.17, 15) is 0 Å². The Bertz CT molecular complexity index is 839. The van der Waals surface area contributed by atoms with Crippen molar-refractivity contribution >= 4 is 16.8 Å². The van der Waals surface area contributed by atoms with E-state index in [-0.39, 0.29) is 0 Å². The van der Waals surface area contributed by atoms with Crippen molar-refractivity contribution in [1.29, 1.82) is 0 Å². The minimum absolute atomic E-state index is 0.341. The Morgan fingerprint density at radius 2 is 2.12 bits per heavy atom. The van der Waals surface area contributed by atoms with Crippen LogP contribution in [0.1, 0.15) is 18.5 Å². The SMILES string of the molecule is COC1CCN(c2cc(-c3cccnc3)nc3c(C)noc23)CC1. The first kappa shape index (κ1) is 15.1. The van der Waals surface area contributed by atoms with Gasteiger partial charge in [-0.1, -0.05) is 5.16 Å². The number of fused-ring (bicyclic) bond motifs is 1. The van der Waals surface area contributed by atoms with E-state index in [2.05, 4.69) is 21.1 Å². The number of hydrogen-bond donors (Lipinski definition) is 0. The maximum absolute atomic E-state index is 5.58. The number of piperidine rings is 1. The smallest absolute Gasteiger partial charge is 0.208 e. The third-order valence-electron chi connectivity index (χ3n) is 4.64. The van der Waals surface area contributed by atoms with Crippen LogP contribution in [0.15, 0.2) is 35.1 Å². The van der Waals surface area contributed by atoms with Gasteiger partial charge in [-0.15, -0.1) is 0 Å². The molecule has 0 N–H and O–H groups in total. The normalized spacial score (nSPS) is 16.0. The van der Waals surface area contributed by atoms with Gasteiger partial charge in [0.15, 0.2) is 0 Å². The van der Waals surface area contributed by atoms with Crippen molar-refractivity contribution in [3.05, 3.63) is 36.3 Å². The van der Waals surface area contributed by atoms with E-state index >= 15 is 0 Å². The van der Waals surface area contributed by atoms with Crippen LogP contribution in [-0.4, -0.2) is 41.4 Å². The molecule has 4 rings (SSSR count). The Labute approximate surface area is 140 Å². The molecule has 24 heavy (non-hydrogen) atoms. The minimum atomic E-state index is 0.341. The van der Waals surface area contributed by atoms with Gasteiger partial charge < -0.3 is 14.2 Å². The second-order valence-corrected chi connectivity index (χ2v) is 6.14. The lowest BCUT2D eigenvalue weighted by molar-refractivity contribution is 0.0819. The molecule has 0 aromatic carbocycles. The largest absolute Gasteiger partial charge is 0.381 e. The highest BCUT2D eigenvalue weighted by molar-refractivity contribution is 5.90.